The zero-order chi connectivity index (χ0) is 15.5. The number of ether oxygens (including phenoxy) is 1. The smallest absolute Gasteiger partial charge is 0.206 e. The van der Waals surface area contributed by atoms with Gasteiger partial charge < -0.3 is 10.1 Å². The van der Waals surface area contributed by atoms with Crippen molar-refractivity contribution in [2.24, 2.45) is 0 Å². The summed E-state index contributed by atoms with van der Waals surface area (Å²) in [5.41, 5.74) is 0.936. The van der Waals surface area contributed by atoms with E-state index in [1.165, 1.54) is 23.1 Å². The van der Waals surface area contributed by atoms with Gasteiger partial charge in [0.15, 0.2) is 4.34 Å². The molecule has 118 valence electrons. The molecule has 1 N–H and O–H groups in total. The Morgan fingerprint density at radius 3 is 3.13 bits per heavy atom. The van der Waals surface area contributed by atoms with Gasteiger partial charge in [0.05, 0.1) is 11.6 Å². The summed E-state index contributed by atoms with van der Waals surface area (Å²) in [5, 5.41) is 14.5. The van der Waals surface area contributed by atoms with Crippen LogP contribution in [0.5, 0.6) is 0 Å². The van der Waals surface area contributed by atoms with Crippen LogP contribution >= 0.6 is 23.1 Å². The van der Waals surface area contributed by atoms with E-state index in [0.717, 1.165) is 51.4 Å². The van der Waals surface area contributed by atoms with Crippen LogP contribution in [0.25, 0.3) is 10.9 Å². The summed E-state index contributed by atoms with van der Waals surface area (Å²) in [6.45, 7) is 1.65. The molecule has 2 aromatic heterocycles. The van der Waals surface area contributed by atoms with E-state index in [1.807, 2.05) is 24.3 Å². The maximum absolute atomic E-state index is 5.60. The second kappa shape index (κ2) is 6.77. The standard InChI is InChI=1S/C15H15N5OS2/c1-2-6-12-11(5-1)13(18-9-17-12)22-15-20-19-14(23-15)16-8-10-4-3-7-21-10/h1-2,5-6,9-10H,3-4,7-8H2,(H,16,19). The molecule has 1 unspecified atom stereocenters. The molecule has 0 bridgehead atoms. The first-order chi connectivity index (χ1) is 11.4. The summed E-state index contributed by atoms with van der Waals surface area (Å²) in [7, 11) is 0. The van der Waals surface area contributed by atoms with Gasteiger partial charge in [0, 0.05) is 18.5 Å². The SMILES string of the molecule is c1ccc2c(Sc3nnc(NCC4CCCO4)s3)ncnc2c1. The minimum atomic E-state index is 0.292. The first kappa shape index (κ1) is 14.8. The Morgan fingerprint density at radius 1 is 1.26 bits per heavy atom. The molecule has 3 aromatic rings. The van der Waals surface area contributed by atoms with Gasteiger partial charge in [0.25, 0.3) is 0 Å². The predicted molar refractivity (Wildman–Crippen MR) is 91.0 cm³/mol. The lowest BCUT2D eigenvalue weighted by Gasteiger charge is -2.08. The minimum absolute atomic E-state index is 0.292. The van der Waals surface area contributed by atoms with Gasteiger partial charge in [-0.2, -0.15) is 0 Å². The Morgan fingerprint density at radius 2 is 2.22 bits per heavy atom. The van der Waals surface area contributed by atoms with E-state index < -0.39 is 0 Å². The highest BCUT2D eigenvalue weighted by Crippen LogP contribution is 2.34. The van der Waals surface area contributed by atoms with Gasteiger partial charge in [-0.3, -0.25) is 0 Å². The van der Waals surface area contributed by atoms with Gasteiger partial charge in [-0.1, -0.05) is 29.5 Å². The number of aromatic nitrogens is 4. The maximum Gasteiger partial charge on any atom is 0.206 e. The van der Waals surface area contributed by atoms with Crippen molar-refractivity contribution in [3.05, 3.63) is 30.6 Å². The lowest BCUT2D eigenvalue weighted by molar-refractivity contribution is 0.120. The molecular weight excluding hydrogens is 330 g/mol. The first-order valence-electron chi connectivity index (χ1n) is 7.45. The average molecular weight is 345 g/mol. The van der Waals surface area contributed by atoms with Crippen molar-refractivity contribution in [3.8, 4) is 0 Å². The number of nitrogens with zero attached hydrogens (tertiary/aromatic N) is 4. The monoisotopic (exact) mass is 345 g/mol. The second-order valence-corrected chi connectivity index (χ2v) is 7.40. The molecule has 1 aromatic carbocycles. The highest BCUT2D eigenvalue weighted by atomic mass is 32.2. The molecule has 1 aliphatic rings. The van der Waals surface area contributed by atoms with E-state index in [1.54, 1.807) is 6.33 Å². The van der Waals surface area contributed by atoms with Crippen molar-refractivity contribution in [2.45, 2.75) is 28.3 Å². The zero-order valence-corrected chi connectivity index (χ0v) is 13.9. The van der Waals surface area contributed by atoms with Crippen molar-refractivity contribution in [1.82, 2.24) is 20.2 Å². The summed E-state index contributed by atoms with van der Waals surface area (Å²) < 4.78 is 6.46. The van der Waals surface area contributed by atoms with Crippen LogP contribution in [0.4, 0.5) is 5.13 Å². The van der Waals surface area contributed by atoms with Crippen LogP contribution < -0.4 is 5.32 Å². The molecular formula is C15H15N5OS2. The summed E-state index contributed by atoms with van der Waals surface area (Å²) >= 11 is 3.05. The van der Waals surface area contributed by atoms with Crippen LogP contribution in [-0.2, 0) is 4.74 Å². The molecule has 1 saturated heterocycles. The zero-order valence-electron chi connectivity index (χ0n) is 12.3. The first-order valence-corrected chi connectivity index (χ1v) is 9.08. The highest BCUT2D eigenvalue weighted by Gasteiger charge is 2.16. The fourth-order valence-corrected chi connectivity index (χ4v) is 4.23. The number of para-hydroxylation sites is 1. The number of nitrogens with one attached hydrogen (secondary N) is 1. The molecule has 4 rings (SSSR count). The number of benzene rings is 1. The van der Waals surface area contributed by atoms with Crippen molar-refractivity contribution < 1.29 is 4.74 Å². The third-order valence-electron chi connectivity index (χ3n) is 3.60. The molecule has 0 saturated carbocycles. The van der Waals surface area contributed by atoms with Crippen LogP contribution in [0.1, 0.15) is 12.8 Å². The Hall–Kier alpha value is -1.77. The Labute approximate surface area is 141 Å². The molecule has 23 heavy (non-hydrogen) atoms. The van der Waals surface area contributed by atoms with Gasteiger partial charge in [0.1, 0.15) is 11.4 Å². The predicted octanol–water partition coefficient (Wildman–Crippen LogP) is 3.22. The molecule has 1 atom stereocenters. The van der Waals surface area contributed by atoms with E-state index in [-0.39, 0.29) is 0 Å². The fraction of sp³-hybridized carbons (Fsp3) is 0.333. The third kappa shape index (κ3) is 3.44. The van der Waals surface area contributed by atoms with E-state index >= 15 is 0 Å². The number of hydrogen-bond donors (Lipinski definition) is 1. The van der Waals surface area contributed by atoms with Crippen molar-refractivity contribution >= 4 is 39.1 Å². The number of fused-ring (bicyclic) bond motifs is 1. The molecule has 3 heterocycles. The summed E-state index contributed by atoms with van der Waals surface area (Å²) in [5.74, 6) is 0. The van der Waals surface area contributed by atoms with E-state index in [9.17, 15) is 0 Å². The van der Waals surface area contributed by atoms with E-state index in [2.05, 4.69) is 25.5 Å². The van der Waals surface area contributed by atoms with Gasteiger partial charge in [-0.15, -0.1) is 10.2 Å². The Balaban J connectivity index is 1.46. The van der Waals surface area contributed by atoms with Crippen LogP contribution in [0, 0.1) is 0 Å². The normalized spacial score (nSPS) is 17.7. The van der Waals surface area contributed by atoms with E-state index in [0.29, 0.717) is 6.10 Å². The lowest BCUT2D eigenvalue weighted by Crippen LogP contribution is -2.18. The van der Waals surface area contributed by atoms with Crippen molar-refractivity contribution in [1.29, 1.82) is 0 Å². The Kier molecular flexibility index (Phi) is 4.36. The average Bonchev–Trinajstić information content (AvgIpc) is 3.25. The molecule has 1 fully saturated rings. The van der Waals surface area contributed by atoms with Gasteiger partial charge >= 0.3 is 0 Å². The maximum atomic E-state index is 5.60. The number of anilines is 1. The molecule has 8 heteroatoms. The summed E-state index contributed by atoms with van der Waals surface area (Å²) in [6.07, 6.45) is 4.13. The topological polar surface area (TPSA) is 72.8 Å². The van der Waals surface area contributed by atoms with Crippen molar-refractivity contribution in [2.75, 3.05) is 18.5 Å². The van der Waals surface area contributed by atoms with Gasteiger partial charge in [-0.25, -0.2) is 9.97 Å². The summed E-state index contributed by atoms with van der Waals surface area (Å²) in [6, 6.07) is 7.97. The van der Waals surface area contributed by atoms with Crippen LogP contribution in [-0.4, -0.2) is 39.4 Å². The van der Waals surface area contributed by atoms with Crippen LogP contribution in [0.15, 0.2) is 40.0 Å². The van der Waals surface area contributed by atoms with Crippen LogP contribution in [0.3, 0.4) is 0 Å². The summed E-state index contributed by atoms with van der Waals surface area (Å²) in [4.78, 5) is 8.65. The van der Waals surface area contributed by atoms with Gasteiger partial charge in [0.2, 0.25) is 5.13 Å². The third-order valence-corrected chi connectivity index (χ3v) is 5.55. The molecule has 0 spiro atoms. The largest absolute Gasteiger partial charge is 0.376 e. The minimum Gasteiger partial charge on any atom is -0.376 e. The Bertz CT molecular complexity index is 798. The molecule has 6 nitrogen and oxygen atoms in total. The highest BCUT2D eigenvalue weighted by molar-refractivity contribution is 8.01. The molecule has 1 aliphatic heterocycles. The lowest BCUT2D eigenvalue weighted by atomic mass is 10.2. The second-order valence-electron chi connectivity index (χ2n) is 5.19. The molecule has 0 radical (unpaired) electrons. The van der Waals surface area contributed by atoms with Gasteiger partial charge in [-0.05, 0) is 30.7 Å². The van der Waals surface area contributed by atoms with Crippen molar-refractivity contribution in [3.63, 3.8) is 0 Å². The van der Waals surface area contributed by atoms with Crippen LogP contribution in [0.2, 0.25) is 0 Å². The molecule has 0 aliphatic carbocycles. The molecule has 0 amide bonds. The number of hydrogen-bond acceptors (Lipinski definition) is 8. The number of rotatable bonds is 5. The van der Waals surface area contributed by atoms with E-state index in [4.69, 9.17) is 4.74 Å². The fourth-order valence-electron chi connectivity index (χ4n) is 2.47. The quantitative estimate of drug-likeness (QED) is 0.712.